The Morgan fingerprint density at radius 1 is 1.17 bits per heavy atom. The van der Waals surface area contributed by atoms with Crippen molar-refractivity contribution in [2.75, 3.05) is 38.0 Å². The van der Waals surface area contributed by atoms with Crippen molar-refractivity contribution >= 4 is 22.9 Å². The van der Waals surface area contributed by atoms with Gasteiger partial charge in [0.05, 0.1) is 12.8 Å². The average Bonchev–Trinajstić information content (AvgIpc) is 2.70. The molecule has 0 aromatic heterocycles. The predicted octanol–water partition coefficient (Wildman–Crippen LogP) is 2.48. The molecule has 1 saturated heterocycles. The van der Waals surface area contributed by atoms with E-state index < -0.39 is 22.9 Å². The first-order valence-electron chi connectivity index (χ1n) is 8.88. The fourth-order valence-corrected chi connectivity index (χ4v) is 3.54. The fourth-order valence-electron chi connectivity index (χ4n) is 3.19. The Morgan fingerprint density at radius 2 is 1.90 bits per heavy atom. The SMILES string of the molecule is COc1cc(C(=O)N2CCN(Cc3ccc(F)cc3F)CC2)ccc1NS(=O)O. The van der Waals surface area contributed by atoms with Crippen molar-refractivity contribution in [3.8, 4) is 5.75 Å². The summed E-state index contributed by atoms with van der Waals surface area (Å²) in [5, 5.41) is 0. The quantitative estimate of drug-likeness (QED) is 0.695. The van der Waals surface area contributed by atoms with Crippen LogP contribution in [0.5, 0.6) is 5.75 Å². The Morgan fingerprint density at radius 3 is 2.52 bits per heavy atom. The van der Waals surface area contributed by atoms with E-state index in [0.29, 0.717) is 49.5 Å². The van der Waals surface area contributed by atoms with Crippen LogP contribution in [0.1, 0.15) is 15.9 Å². The number of nitrogens with one attached hydrogen (secondary N) is 1. The van der Waals surface area contributed by atoms with Crippen LogP contribution in [0, 0.1) is 11.6 Å². The second-order valence-corrected chi connectivity index (χ2v) is 7.27. The van der Waals surface area contributed by atoms with Gasteiger partial charge in [0.25, 0.3) is 17.2 Å². The van der Waals surface area contributed by atoms with E-state index in [1.807, 2.05) is 4.90 Å². The number of methoxy groups -OCH3 is 1. The lowest BCUT2D eigenvalue weighted by atomic mass is 10.1. The molecule has 0 bridgehead atoms. The lowest BCUT2D eigenvalue weighted by molar-refractivity contribution is 0.0626. The molecule has 0 spiro atoms. The molecular formula is C19H21F2N3O4S. The van der Waals surface area contributed by atoms with Gasteiger partial charge < -0.3 is 9.64 Å². The minimum Gasteiger partial charge on any atom is -0.495 e. The van der Waals surface area contributed by atoms with E-state index >= 15 is 0 Å². The van der Waals surface area contributed by atoms with Crippen LogP contribution in [0.4, 0.5) is 14.5 Å². The number of piperazine rings is 1. The number of carbonyl (C=O) groups is 1. The number of hydrogen-bond donors (Lipinski definition) is 2. The zero-order chi connectivity index (χ0) is 21.0. The summed E-state index contributed by atoms with van der Waals surface area (Å²) in [4.78, 5) is 16.5. The highest BCUT2D eigenvalue weighted by Crippen LogP contribution is 2.26. The van der Waals surface area contributed by atoms with Crippen molar-refractivity contribution < 1.29 is 27.1 Å². The first-order chi connectivity index (χ1) is 13.9. The van der Waals surface area contributed by atoms with Crippen molar-refractivity contribution in [1.82, 2.24) is 9.80 Å². The molecule has 1 amide bonds. The summed E-state index contributed by atoms with van der Waals surface area (Å²) in [6, 6.07) is 8.11. The van der Waals surface area contributed by atoms with Crippen LogP contribution in [0.3, 0.4) is 0 Å². The van der Waals surface area contributed by atoms with Gasteiger partial charge in [0.15, 0.2) is 0 Å². The van der Waals surface area contributed by atoms with Crippen LogP contribution >= 0.6 is 0 Å². The van der Waals surface area contributed by atoms with Crippen molar-refractivity contribution in [1.29, 1.82) is 0 Å². The van der Waals surface area contributed by atoms with Crippen molar-refractivity contribution in [3.63, 3.8) is 0 Å². The summed E-state index contributed by atoms with van der Waals surface area (Å²) in [6.45, 7) is 2.39. The molecule has 0 aliphatic carbocycles. The number of hydrogen-bond acceptors (Lipinski definition) is 4. The maximum absolute atomic E-state index is 13.8. The molecule has 0 saturated carbocycles. The third-order valence-electron chi connectivity index (χ3n) is 4.71. The van der Waals surface area contributed by atoms with Crippen LogP contribution in [0.25, 0.3) is 0 Å². The minimum atomic E-state index is -2.25. The van der Waals surface area contributed by atoms with Crippen molar-refractivity contribution in [2.45, 2.75) is 6.54 Å². The second-order valence-electron chi connectivity index (χ2n) is 6.57. The van der Waals surface area contributed by atoms with Crippen LogP contribution in [0.15, 0.2) is 36.4 Å². The van der Waals surface area contributed by atoms with E-state index in [0.717, 1.165) is 6.07 Å². The van der Waals surface area contributed by atoms with Gasteiger partial charge in [-0.3, -0.25) is 19.0 Å². The highest BCUT2D eigenvalue weighted by Gasteiger charge is 2.23. The molecule has 1 unspecified atom stereocenters. The molecule has 2 N–H and O–H groups in total. The number of halogens is 2. The molecule has 10 heteroatoms. The maximum Gasteiger partial charge on any atom is 0.259 e. The Bertz CT molecular complexity index is 920. The van der Waals surface area contributed by atoms with E-state index in [2.05, 4.69) is 4.72 Å². The third kappa shape index (κ3) is 5.28. The molecule has 1 atom stereocenters. The zero-order valence-corrected chi connectivity index (χ0v) is 16.5. The number of rotatable bonds is 6. The molecule has 29 heavy (non-hydrogen) atoms. The van der Waals surface area contributed by atoms with Crippen LogP contribution in [-0.2, 0) is 17.8 Å². The van der Waals surface area contributed by atoms with E-state index in [9.17, 15) is 17.8 Å². The average molecular weight is 425 g/mol. The molecule has 156 valence electrons. The number of carbonyl (C=O) groups excluding carboxylic acids is 1. The number of anilines is 1. The van der Waals surface area contributed by atoms with Crippen LogP contribution in [0.2, 0.25) is 0 Å². The third-order valence-corrected chi connectivity index (χ3v) is 5.11. The Labute approximate surface area is 169 Å². The second kappa shape index (κ2) is 9.29. The maximum atomic E-state index is 13.8. The van der Waals surface area contributed by atoms with E-state index in [-0.39, 0.29) is 11.7 Å². The monoisotopic (exact) mass is 425 g/mol. The first-order valence-corrected chi connectivity index (χ1v) is 9.99. The lowest BCUT2D eigenvalue weighted by Gasteiger charge is -2.35. The molecule has 1 heterocycles. The number of benzene rings is 2. The Balaban J connectivity index is 1.61. The zero-order valence-electron chi connectivity index (χ0n) is 15.7. The van der Waals surface area contributed by atoms with E-state index in [4.69, 9.17) is 9.29 Å². The summed E-state index contributed by atoms with van der Waals surface area (Å²) < 4.78 is 54.2. The number of nitrogens with zero attached hydrogens (tertiary/aromatic N) is 2. The summed E-state index contributed by atoms with van der Waals surface area (Å²) >= 11 is -2.25. The highest BCUT2D eigenvalue weighted by molar-refractivity contribution is 7.80. The van der Waals surface area contributed by atoms with Crippen LogP contribution < -0.4 is 9.46 Å². The molecular weight excluding hydrogens is 404 g/mol. The van der Waals surface area contributed by atoms with Gasteiger partial charge >= 0.3 is 0 Å². The fraction of sp³-hybridized carbons (Fsp3) is 0.316. The summed E-state index contributed by atoms with van der Waals surface area (Å²) in [6.07, 6.45) is 0. The first kappa shape index (κ1) is 21.2. The lowest BCUT2D eigenvalue weighted by Crippen LogP contribution is -2.48. The van der Waals surface area contributed by atoms with Gasteiger partial charge in [-0.1, -0.05) is 6.07 Å². The van der Waals surface area contributed by atoms with Gasteiger partial charge in [-0.15, -0.1) is 0 Å². The van der Waals surface area contributed by atoms with Gasteiger partial charge in [-0.25, -0.2) is 13.0 Å². The smallest absolute Gasteiger partial charge is 0.259 e. The van der Waals surface area contributed by atoms with Crippen LogP contribution in [-0.4, -0.2) is 57.8 Å². The standard InChI is InChI=1S/C19H21F2N3O4S/c1-28-18-10-13(3-5-17(18)22-29(26)27)19(25)24-8-6-23(7-9-24)12-14-2-4-15(20)11-16(14)21/h2-5,10-11,22H,6-9,12H2,1H3,(H,26,27). The summed E-state index contributed by atoms with van der Waals surface area (Å²) in [5.74, 6) is -1.09. The van der Waals surface area contributed by atoms with Crippen molar-refractivity contribution in [2.24, 2.45) is 0 Å². The molecule has 1 fully saturated rings. The topological polar surface area (TPSA) is 82.1 Å². The van der Waals surface area contributed by atoms with Gasteiger partial charge in [0, 0.05) is 49.9 Å². The van der Waals surface area contributed by atoms with E-state index in [1.54, 1.807) is 11.0 Å². The van der Waals surface area contributed by atoms with Gasteiger partial charge in [-0.05, 0) is 24.3 Å². The van der Waals surface area contributed by atoms with Gasteiger partial charge in [-0.2, -0.15) is 0 Å². The minimum absolute atomic E-state index is 0.187. The normalized spacial score (nSPS) is 15.8. The molecule has 3 rings (SSSR count). The highest BCUT2D eigenvalue weighted by atomic mass is 32.2. The summed E-state index contributed by atoms with van der Waals surface area (Å²) in [5.41, 5.74) is 1.12. The van der Waals surface area contributed by atoms with Gasteiger partial charge in [0.2, 0.25) is 0 Å². The molecule has 7 nitrogen and oxygen atoms in total. The number of ether oxygens (including phenoxy) is 1. The Hall–Kier alpha value is -2.56. The predicted molar refractivity (Wildman–Crippen MR) is 105 cm³/mol. The number of amides is 1. The molecule has 2 aromatic carbocycles. The van der Waals surface area contributed by atoms with Crippen molar-refractivity contribution in [3.05, 3.63) is 59.2 Å². The summed E-state index contributed by atoms with van der Waals surface area (Å²) in [7, 11) is 1.41. The Kier molecular flexibility index (Phi) is 6.78. The molecule has 2 aromatic rings. The molecule has 1 aliphatic rings. The molecule has 0 radical (unpaired) electrons. The van der Waals surface area contributed by atoms with E-state index in [1.165, 1.54) is 31.4 Å². The van der Waals surface area contributed by atoms with Gasteiger partial charge in [0.1, 0.15) is 17.4 Å². The largest absolute Gasteiger partial charge is 0.495 e. The molecule has 1 aliphatic heterocycles.